The molecule has 0 radical (unpaired) electrons. The topological polar surface area (TPSA) is 164 Å². The minimum Gasteiger partial charge on any atom is -0.465 e. The van der Waals surface area contributed by atoms with Gasteiger partial charge in [0.05, 0.1) is 24.4 Å². The van der Waals surface area contributed by atoms with E-state index in [1.165, 1.54) is 0 Å². The van der Waals surface area contributed by atoms with E-state index in [2.05, 4.69) is 38.1 Å². The van der Waals surface area contributed by atoms with Crippen LogP contribution in [-0.4, -0.2) is 57.6 Å². The highest BCUT2D eigenvalue weighted by molar-refractivity contribution is 5.97. The van der Waals surface area contributed by atoms with E-state index in [-0.39, 0.29) is 18.3 Å². The van der Waals surface area contributed by atoms with Crippen molar-refractivity contribution in [2.24, 2.45) is 5.73 Å². The van der Waals surface area contributed by atoms with E-state index < -0.39 is 18.0 Å². The number of carboxylic acid groups (broad SMARTS) is 1. The number of aryl methyl sites for hydroxylation is 2. The lowest BCUT2D eigenvalue weighted by atomic mass is 10.0. The quantitative estimate of drug-likeness (QED) is 0.421. The van der Waals surface area contributed by atoms with Crippen LogP contribution in [0.3, 0.4) is 0 Å². The Balaban J connectivity index is 1.86. The molecule has 11 heteroatoms. The monoisotopic (exact) mass is 429 g/mol. The molecule has 2 amide bonds. The molecule has 0 aromatic carbocycles. The summed E-state index contributed by atoms with van der Waals surface area (Å²) in [5, 5.41) is 25.8. The summed E-state index contributed by atoms with van der Waals surface area (Å²) < 4.78 is 5.36. The van der Waals surface area contributed by atoms with Crippen LogP contribution in [-0.2, 0) is 11.2 Å². The summed E-state index contributed by atoms with van der Waals surface area (Å²) >= 11 is 0. The number of nitrogens with two attached hydrogens (primary N) is 1. The maximum Gasteiger partial charge on any atom is 0.405 e. The third-order valence-corrected chi connectivity index (χ3v) is 4.82. The summed E-state index contributed by atoms with van der Waals surface area (Å²) in [6.07, 6.45) is 1.24. The van der Waals surface area contributed by atoms with Crippen molar-refractivity contribution in [3.8, 4) is 0 Å². The number of ether oxygens (including phenoxy) is 1. The van der Waals surface area contributed by atoms with Gasteiger partial charge < -0.3 is 31.5 Å². The molecule has 0 saturated carbocycles. The SMILES string of the molecule is CCCc1cc(C)cc(Nc2cc(N[C@@H]3CCOC[C@@H]3NC(=O)O)nnc2C(N)=O)n1. The fourth-order valence-electron chi connectivity index (χ4n) is 3.47. The molecular weight excluding hydrogens is 402 g/mol. The van der Waals surface area contributed by atoms with Crippen molar-refractivity contribution >= 4 is 29.3 Å². The summed E-state index contributed by atoms with van der Waals surface area (Å²) in [6, 6.07) is 4.80. The molecule has 0 unspecified atom stereocenters. The number of pyridine rings is 1. The Morgan fingerprint density at radius 1 is 1.23 bits per heavy atom. The number of hydrogen-bond donors (Lipinski definition) is 5. The molecule has 31 heavy (non-hydrogen) atoms. The zero-order valence-corrected chi connectivity index (χ0v) is 17.5. The highest BCUT2D eigenvalue weighted by atomic mass is 16.5. The van der Waals surface area contributed by atoms with Gasteiger partial charge in [-0.05, 0) is 37.5 Å². The average molecular weight is 429 g/mol. The van der Waals surface area contributed by atoms with Crippen molar-refractivity contribution in [3.05, 3.63) is 35.2 Å². The van der Waals surface area contributed by atoms with Gasteiger partial charge in [0.2, 0.25) is 0 Å². The second-order valence-electron chi connectivity index (χ2n) is 7.42. The van der Waals surface area contributed by atoms with Crippen molar-refractivity contribution < 1.29 is 19.4 Å². The van der Waals surface area contributed by atoms with Gasteiger partial charge in [-0.25, -0.2) is 9.78 Å². The number of hydrogen-bond acceptors (Lipinski definition) is 8. The van der Waals surface area contributed by atoms with Crippen molar-refractivity contribution in [2.45, 2.75) is 45.2 Å². The Labute approximate surface area is 179 Å². The minimum atomic E-state index is -1.13. The molecule has 11 nitrogen and oxygen atoms in total. The molecule has 0 aliphatic carbocycles. The lowest BCUT2D eigenvalue weighted by Gasteiger charge is -2.32. The number of anilines is 3. The molecule has 2 aromatic heterocycles. The first-order valence-electron chi connectivity index (χ1n) is 10.1. The molecule has 0 spiro atoms. The van der Waals surface area contributed by atoms with Crippen molar-refractivity contribution in [2.75, 3.05) is 23.8 Å². The first-order valence-corrected chi connectivity index (χ1v) is 10.1. The summed E-state index contributed by atoms with van der Waals surface area (Å²) in [5.74, 6) is 0.221. The number of carbonyl (C=O) groups excluding carboxylic acids is 1. The zero-order chi connectivity index (χ0) is 22.4. The van der Waals surface area contributed by atoms with E-state index in [9.17, 15) is 9.59 Å². The lowest BCUT2D eigenvalue weighted by Crippen LogP contribution is -2.52. The maximum atomic E-state index is 11.9. The predicted molar refractivity (Wildman–Crippen MR) is 115 cm³/mol. The summed E-state index contributed by atoms with van der Waals surface area (Å²) in [7, 11) is 0. The number of nitrogens with zero attached hydrogens (tertiary/aromatic N) is 3. The normalized spacial score (nSPS) is 18.3. The fraction of sp³-hybridized carbons (Fsp3) is 0.450. The fourth-order valence-corrected chi connectivity index (χ4v) is 3.47. The molecule has 1 saturated heterocycles. The number of primary amides is 1. The minimum absolute atomic E-state index is 0.0157. The average Bonchev–Trinajstić information content (AvgIpc) is 2.69. The largest absolute Gasteiger partial charge is 0.465 e. The van der Waals surface area contributed by atoms with Crippen LogP contribution in [0.15, 0.2) is 18.2 Å². The molecule has 2 aromatic rings. The Bertz CT molecular complexity index is 953. The predicted octanol–water partition coefficient (Wildman–Crippen LogP) is 1.81. The number of rotatable bonds is 8. The highest BCUT2D eigenvalue weighted by Gasteiger charge is 2.28. The second-order valence-corrected chi connectivity index (χ2v) is 7.42. The van der Waals surface area contributed by atoms with Gasteiger partial charge in [0.25, 0.3) is 5.91 Å². The molecule has 1 aliphatic rings. The van der Waals surface area contributed by atoms with Gasteiger partial charge in [-0.1, -0.05) is 13.3 Å². The van der Waals surface area contributed by atoms with Crippen LogP contribution in [0.4, 0.5) is 22.1 Å². The van der Waals surface area contributed by atoms with Crippen LogP contribution in [0.2, 0.25) is 0 Å². The molecule has 6 N–H and O–H groups in total. The molecular formula is C20H27N7O4. The number of carbonyl (C=O) groups is 2. The van der Waals surface area contributed by atoms with Crippen molar-refractivity contribution in [3.63, 3.8) is 0 Å². The van der Waals surface area contributed by atoms with Crippen LogP contribution < -0.4 is 21.7 Å². The molecule has 3 heterocycles. The van der Waals surface area contributed by atoms with Crippen LogP contribution in [0.25, 0.3) is 0 Å². The highest BCUT2D eigenvalue weighted by Crippen LogP contribution is 2.23. The van der Waals surface area contributed by atoms with E-state index >= 15 is 0 Å². The molecule has 1 fully saturated rings. The van der Waals surface area contributed by atoms with Crippen LogP contribution in [0, 0.1) is 6.92 Å². The van der Waals surface area contributed by atoms with Crippen molar-refractivity contribution in [1.29, 1.82) is 0 Å². The smallest absolute Gasteiger partial charge is 0.405 e. The number of aromatic nitrogens is 3. The molecule has 2 atom stereocenters. The van der Waals surface area contributed by atoms with Crippen LogP contribution >= 0.6 is 0 Å². The molecule has 3 rings (SSSR count). The summed E-state index contributed by atoms with van der Waals surface area (Å²) in [6.45, 7) is 4.78. The van der Waals surface area contributed by atoms with Crippen LogP contribution in [0.5, 0.6) is 0 Å². The van der Waals surface area contributed by atoms with Gasteiger partial charge in [0, 0.05) is 18.4 Å². The third kappa shape index (κ3) is 6.01. The molecule has 1 aliphatic heterocycles. The summed E-state index contributed by atoms with van der Waals surface area (Å²) in [5.41, 5.74) is 7.79. The standard InChI is InChI=1S/C20H27N7O4/c1-3-4-12-7-11(2)8-16(22-12)24-14-9-17(26-27-18(14)19(21)28)23-13-5-6-31-10-15(13)25-20(29)30/h7-9,13,15,25H,3-6,10H2,1-2H3,(H2,21,28)(H,29,30)(H2,22,23,24,26)/t13-,15+/m1/s1. The van der Waals surface area contributed by atoms with Crippen molar-refractivity contribution in [1.82, 2.24) is 20.5 Å². The first-order chi connectivity index (χ1) is 14.9. The second kappa shape index (κ2) is 10.0. The first kappa shape index (κ1) is 22.2. The summed E-state index contributed by atoms with van der Waals surface area (Å²) in [4.78, 5) is 27.5. The number of nitrogens with one attached hydrogen (secondary N) is 3. The van der Waals surface area contributed by atoms with E-state index in [0.717, 1.165) is 24.1 Å². The maximum absolute atomic E-state index is 11.9. The third-order valence-electron chi connectivity index (χ3n) is 4.82. The lowest BCUT2D eigenvalue weighted by molar-refractivity contribution is 0.0625. The van der Waals surface area contributed by atoms with Gasteiger partial charge in [-0.3, -0.25) is 4.79 Å². The molecule has 0 bridgehead atoms. The Morgan fingerprint density at radius 2 is 2.03 bits per heavy atom. The van der Waals surface area contributed by atoms with E-state index in [1.807, 2.05) is 19.1 Å². The van der Waals surface area contributed by atoms with Gasteiger partial charge in [0.1, 0.15) is 5.82 Å². The van der Waals surface area contributed by atoms with Gasteiger partial charge >= 0.3 is 6.09 Å². The van der Waals surface area contributed by atoms with Gasteiger partial charge in [0.15, 0.2) is 11.5 Å². The number of amides is 2. The van der Waals surface area contributed by atoms with Gasteiger partial charge in [-0.2, -0.15) is 0 Å². The van der Waals surface area contributed by atoms with Gasteiger partial charge in [-0.15, -0.1) is 10.2 Å². The van der Waals surface area contributed by atoms with E-state index in [4.69, 9.17) is 15.6 Å². The van der Waals surface area contributed by atoms with E-state index in [0.29, 0.717) is 30.4 Å². The van der Waals surface area contributed by atoms with E-state index in [1.54, 1.807) is 6.07 Å². The molecule has 166 valence electrons. The zero-order valence-electron chi connectivity index (χ0n) is 17.5. The Kier molecular flexibility index (Phi) is 7.19. The Morgan fingerprint density at radius 3 is 2.74 bits per heavy atom. The Hall–Kier alpha value is -3.47. The van der Waals surface area contributed by atoms with Crippen LogP contribution in [0.1, 0.15) is 41.5 Å².